The lowest BCUT2D eigenvalue weighted by molar-refractivity contribution is 0.140. The third-order valence-corrected chi connectivity index (χ3v) is 4.42. The summed E-state index contributed by atoms with van der Waals surface area (Å²) in [5.41, 5.74) is 2.09. The molecule has 0 spiro atoms. The zero-order valence-electron chi connectivity index (χ0n) is 13.9. The minimum Gasteiger partial charge on any atom is -0.508 e. The van der Waals surface area contributed by atoms with Crippen molar-refractivity contribution in [3.05, 3.63) is 60.2 Å². The van der Waals surface area contributed by atoms with E-state index in [1.807, 2.05) is 11.0 Å². The van der Waals surface area contributed by atoms with Crippen LogP contribution in [0.2, 0.25) is 0 Å². The first-order valence-electron chi connectivity index (χ1n) is 8.21. The van der Waals surface area contributed by atoms with E-state index in [0.717, 1.165) is 38.4 Å². The predicted octanol–water partition coefficient (Wildman–Crippen LogP) is 2.77. The molecule has 1 aliphatic rings. The highest BCUT2D eigenvalue weighted by molar-refractivity contribution is 5.91. The molecule has 0 aliphatic carbocycles. The van der Waals surface area contributed by atoms with Gasteiger partial charge in [-0.05, 0) is 29.8 Å². The fraction of sp³-hybridized carbons (Fsp3) is 0.316. The molecular weight excluding hydrogens is 302 g/mol. The molecule has 5 nitrogen and oxygen atoms in total. The molecule has 2 aromatic rings. The topological polar surface area (TPSA) is 47.0 Å². The van der Waals surface area contributed by atoms with E-state index < -0.39 is 0 Å². The van der Waals surface area contributed by atoms with Crippen molar-refractivity contribution in [2.24, 2.45) is 0 Å². The first-order chi connectivity index (χ1) is 11.6. The van der Waals surface area contributed by atoms with Crippen molar-refractivity contribution in [2.75, 3.05) is 38.1 Å². The van der Waals surface area contributed by atoms with Gasteiger partial charge in [0.15, 0.2) is 0 Å². The third-order valence-electron chi connectivity index (χ3n) is 4.42. The number of carbonyl (C=O) groups is 1. The number of carbonyl (C=O) groups excluding carboxylic acids is 1. The summed E-state index contributed by atoms with van der Waals surface area (Å²) < 4.78 is 0. The van der Waals surface area contributed by atoms with Crippen LogP contribution in [-0.4, -0.2) is 54.2 Å². The minimum atomic E-state index is 0.0000471. The molecule has 0 unspecified atom stereocenters. The zero-order chi connectivity index (χ0) is 16.9. The Kier molecular flexibility index (Phi) is 5.01. The number of nitrogens with zero attached hydrogens (tertiary/aromatic N) is 3. The van der Waals surface area contributed by atoms with Gasteiger partial charge in [-0.2, -0.15) is 0 Å². The Balaban J connectivity index is 1.54. The Morgan fingerprint density at radius 3 is 2.25 bits per heavy atom. The van der Waals surface area contributed by atoms with Gasteiger partial charge in [-0.3, -0.25) is 9.80 Å². The number of rotatable bonds is 3. The quantitative estimate of drug-likeness (QED) is 0.944. The molecule has 2 amide bonds. The van der Waals surface area contributed by atoms with Gasteiger partial charge in [0.2, 0.25) is 0 Å². The second-order valence-corrected chi connectivity index (χ2v) is 6.11. The van der Waals surface area contributed by atoms with Crippen molar-refractivity contribution < 1.29 is 9.90 Å². The van der Waals surface area contributed by atoms with Crippen LogP contribution in [0.1, 0.15) is 5.56 Å². The molecule has 1 fully saturated rings. The number of piperazine rings is 1. The summed E-state index contributed by atoms with van der Waals surface area (Å²) in [7, 11) is 1.77. The molecule has 24 heavy (non-hydrogen) atoms. The Morgan fingerprint density at radius 2 is 1.62 bits per heavy atom. The van der Waals surface area contributed by atoms with Crippen LogP contribution in [0, 0.1) is 0 Å². The van der Waals surface area contributed by atoms with Crippen LogP contribution >= 0.6 is 0 Å². The van der Waals surface area contributed by atoms with Gasteiger partial charge < -0.3 is 10.0 Å². The summed E-state index contributed by atoms with van der Waals surface area (Å²) in [6, 6.07) is 17.1. The first-order valence-corrected chi connectivity index (χ1v) is 8.21. The summed E-state index contributed by atoms with van der Waals surface area (Å²) >= 11 is 0. The van der Waals surface area contributed by atoms with E-state index in [1.165, 1.54) is 5.56 Å². The van der Waals surface area contributed by atoms with Gasteiger partial charge in [0.05, 0.1) is 0 Å². The average Bonchev–Trinajstić information content (AvgIpc) is 2.63. The summed E-state index contributed by atoms with van der Waals surface area (Å²) in [4.78, 5) is 18.5. The number of amides is 2. The monoisotopic (exact) mass is 325 g/mol. The van der Waals surface area contributed by atoms with Crippen molar-refractivity contribution in [1.29, 1.82) is 0 Å². The Bertz CT molecular complexity index is 665. The Morgan fingerprint density at radius 1 is 1.00 bits per heavy atom. The van der Waals surface area contributed by atoms with E-state index >= 15 is 0 Å². The van der Waals surface area contributed by atoms with Gasteiger partial charge in [0.1, 0.15) is 5.75 Å². The maximum Gasteiger partial charge on any atom is 0.324 e. The summed E-state index contributed by atoms with van der Waals surface area (Å²) in [5, 5.41) is 9.36. The molecule has 0 radical (unpaired) electrons. The second kappa shape index (κ2) is 7.36. The number of anilines is 1. The van der Waals surface area contributed by atoms with Crippen molar-refractivity contribution in [3.8, 4) is 5.75 Å². The molecule has 1 heterocycles. The van der Waals surface area contributed by atoms with Crippen LogP contribution in [0.4, 0.5) is 10.5 Å². The van der Waals surface area contributed by atoms with Gasteiger partial charge in [-0.1, -0.05) is 30.3 Å². The van der Waals surface area contributed by atoms with E-state index in [9.17, 15) is 9.90 Å². The number of benzene rings is 2. The first kappa shape index (κ1) is 16.3. The fourth-order valence-electron chi connectivity index (χ4n) is 2.94. The van der Waals surface area contributed by atoms with E-state index in [2.05, 4.69) is 29.2 Å². The Labute approximate surface area is 142 Å². The highest BCUT2D eigenvalue weighted by Gasteiger charge is 2.24. The molecule has 0 bridgehead atoms. The highest BCUT2D eigenvalue weighted by Crippen LogP contribution is 2.19. The van der Waals surface area contributed by atoms with Gasteiger partial charge in [0, 0.05) is 45.5 Å². The van der Waals surface area contributed by atoms with Gasteiger partial charge in [-0.25, -0.2) is 4.79 Å². The number of urea groups is 1. The summed E-state index contributed by atoms with van der Waals surface area (Å²) in [6.45, 7) is 4.15. The number of hydrogen-bond donors (Lipinski definition) is 1. The molecule has 126 valence electrons. The minimum absolute atomic E-state index is 0.0000471. The van der Waals surface area contributed by atoms with Crippen LogP contribution in [0.15, 0.2) is 54.6 Å². The normalized spacial score (nSPS) is 15.3. The number of phenolic OH excluding ortho intramolecular Hbond substituents is 1. The van der Waals surface area contributed by atoms with Crippen molar-refractivity contribution in [3.63, 3.8) is 0 Å². The predicted molar refractivity (Wildman–Crippen MR) is 95.2 cm³/mol. The van der Waals surface area contributed by atoms with Crippen LogP contribution in [0.25, 0.3) is 0 Å². The standard InChI is InChI=1S/C19H23N3O2/c1-20(17-7-9-18(23)10-8-17)19(24)22-13-11-21(12-14-22)15-16-5-3-2-4-6-16/h2-10,23H,11-15H2,1H3. The van der Waals surface area contributed by atoms with E-state index in [-0.39, 0.29) is 11.8 Å². The van der Waals surface area contributed by atoms with Crippen LogP contribution in [0.3, 0.4) is 0 Å². The molecule has 2 aromatic carbocycles. The van der Waals surface area contributed by atoms with Gasteiger partial charge >= 0.3 is 6.03 Å². The number of hydrogen-bond acceptors (Lipinski definition) is 3. The molecular formula is C19H23N3O2. The third kappa shape index (κ3) is 3.86. The molecule has 5 heteroatoms. The molecule has 3 rings (SSSR count). The molecule has 0 atom stereocenters. The molecule has 0 saturated carbocycles. The zero-order valence-corrected chi connectivity index (χ0v) is 13.9. The van der Waals surface area contributed by atoms with E-state index in [4.69, 9.17) is 0 Å². The summed E-state index contributed by atoms with van der Waals surface area (Å²) in [5.74, 6) is 0.203. The fourth-order valence-corrected chi connectivity index (χ4v) is 2.94. The average molecular weight is 325 g/mol. The maximum atomic E-state index is 12.6. The van der Waals surface area contributed by atoms with Crippen molar-refractivity contribution >= 4 is 11.7 Å². The van der Waals surface area contributed by atoms with Crippen LogP contribution < -0.4 is 4.90 Å². The smallest absolute Gasteiger partial charge is 0.324 e. The lowest BCUT2D eigenvalue weighted by Crippen LogP contribution is -2.51. The molecule has 0 aromatic heterocycles. The molecule has 1 N–H and O–H groups in total. The summed E-state index contributed by atoms with van der Waals surface area (Å²) in [6.07, 6.45) is 0. The molecule has 1 saturated heterocycles. The second-order valence-electron chi connectivity index (χ2n) is 6.11. The van der Waals surface area contributed by atoms with Crippen molar-refractivity contribution in [1.82, 2.24) is 9.80 Å². The number of aromatic hydroxyl groups is 1. The molecule has 1 aliphatic heterocycles. The lowest BCUT2D eigenvalue weighted by Gasteiger charge is -2.36. The van der Waals surface area contributed by atoms with Crippen LogP contribution in [-0.2, 0) is 6.54 Å². The SMILES string of the molecule is CN(C(=O)N1CCN(Cc2ccccc2)CC1)c1ccc(O)cc1. The van der Waals surface area contributed by atoms with E-state index in [1.54, 1.807) is 36.2 Å². The lowest BCUT2D eigenvalue weighted by atomic mass is 10.2. The van der Waals surface area contributed by atoms with Crippen LogP contribution in [0.5, 0.6) is 5.75 Å². The van der Waals surface area contributed by atoms with E-state index in [0.29, 0.717) is 0 Å². The highest BCUT2D eigenvalue weighted by atomic mass is 16.3. The largest absolute Gasteiger partial charge is 0.508 e. The number of phenols is 1. The van der Waals surface area contributed by atoms with Gasteiger partial charge in [0.25, 0.3) is 0 Å². The maximum absolute atomic E-state index is 12.6. The van der Waals surface area contributed by atoms with Crippen molar-refractivity contribution in [2.45, 2.75) is 6.54 Å². The van der Waals surface area contributed by atoms with Gasteiger partial charge in [-0.15, -0.1) is 0 Å². The Hall–Kier alpha value is -2.53.